The second-order valence-electron chi connectivity index (χ2n) is 5.18. The van der Waals surface area contributed by atoms with E-state index < -0.39 is 10.0 Å². The molecule has 2 heterocycles. The van der Waals surface area contributed by atoms with Crippen LogP contribution in [0.15, 0.2) is 18.3 Å². The van der Waals surface area contributed by atoms with Crippen molar-refractivity contribution in [3.05, 3.63) is 18.3 Å². The monoisotopic (exact) mass is 297 g/mol. The van der Waals surface area contributed by atoms with E-state index in [4.69, 9.17) is 4.74 Å². The SMILES string of the molecule is COc1ccnc(N2CCN(S(=O)(=O)C3CC3)CC2)c1. The first kappa shape index (κ1) is 13.6. The van der Waals surface area contributed by atoms with Gasteiger partial charge in [-0.15, -0.1) is 0 Å². The summed E-state index contributed by atoms with van der Waals surface area (Å²) in [5.41, 5.74) is 0. The van der Waals surface area contributed by atoms with Gasteiger partial charge in [-0.2, -0.15) is 4.31 Å². The fourth-order valence-electron chi connectivity index (χ4n) is 2.45. The lowest BCUT2D eigenvalue weighted by molar-refractivity contribution is 0.382. The van der Waals surface area contributed by atoms with Crippen LogP contribution in [0.3, 0.4) is 0 Å². The van der Waals surface area contributed by atoms with E-state index in [9.17, 15) is 8.42 Å². The molecule has 0 aromatic carbocycles. The average Bonchev–Trinajstić information content (AvgIpc) is 3.32. The lowest BCUT2D eigenvalue weighted by atomic mass is 10.3. The highest BCUT2D eigenvalue weighted by atomic mass is 32.2. The first-order chi connectivity index (χ1) is 9.61. The number of hydrogen-bond donors (Lipinski definition) is 0. The Morgan fingerprint density at radius 3 is 2.55 bits per heavy atom. The number of anilines is 1. The van der Waals surface area contributed by atoms with Crippen LogP contribution >= 0.6 is 0 Å². The molecule has 0 spiro atoms. The molecule has 1 saturated carbocycles. The Morgan fingerprint density at radius 2 is 1.95 bits per heavy atom. The molecule has 2 fully saturated rings. The van der Waals surface area contributed by atoms with E-state index in [1.54, 1.807) is 23.7 Å². The van der Waals surface area contributed by atoms with Gasteiger partial charge in [0.15, 0.2) is 0 Å². The third-order valence-electron chi connectivity index (χ3n) is 3.82. The molecule has 3 rings (SSSR count). The summed E-state index contributed by atoms with van der Waals surface area (Å²) in [4.78, 5) is 6.42. The van der Waals surface area contributed by atoms with Gasteiger partial charge in [0, 0.05) is 38.4 Å². The highest BCUT2D eigenvalue weighted by Gasteiger charge is 2.41. The van der Waals surface area contributed by atoms with E-state index in [1.165, 1.54) is 0 Å². The predicted molar refractivity (Wildman–Crippen MR) is 76.5 cm³/mol. The van der Waals surface area contributed by atoms with Gasteiger partial charge in [-0.1, -0.05) is 0 Å². The topological polar surface area (TPSA) is 62.7 Å². The van der Waals surface area contributed by atoms with Crippen molar-refractivity contribution in [2.75, 3.05) is 38.2 Å². The minimum absolute atomic E-state index is 0.121. The summed E-state index contributed by atoms with van der Waals surface area (Å²) in [6, 6.07) is 3.68. The summed E-state index contributed by atoms with van der Waals surface area (Å²) in [5.74, 6) is 1.61. The van der Waals surface area contributed by atoms with E-state index in [0.717, 1.165) is 24.4 Å². The highest BCUT2D eigenvalue weighted by molar-refractivity contribution is 7.90. The first-order valence-corrected chi connectivity index (χ1v) is 8.35. The number of piperazine rings is 1. The van der Waals surface area contributed by atoms with Crippen molar-refractivity contribution in [3.8, 4) is 5.75 Å². The van der Waals surface area contributed by atoms with Crippen LogP contribution in [0.5, 0.6) is 5.75 Å². The van der Waals surface area contributed by atoms with E-state index in [-0.39, 0.29) is 5.25 Å². The van der Waals surface area contributed by atoms with E-state index in [2.05, 4.69) is 9.88 Å². The van der Waals surface area contributed by atoms with Gasteiger partial charge in [0.25, 0.3) is 0 Å². The smallest absolute Gasteiger partial charge is 0.217 e. The molecule has 1 aliphatic heterocycles. The van der Waals surface area contributed by atoms with E-state index in [1.807, 2.05) is 6.07 Å². The fraction of sp³-hybridized carbons (Fsp3) is 0.615. The minimum atomic E-state index is -3.05. The minimum Gasteiger partial charge on any atom is -0.497 e. The predicted octanol–water partition coefficient (Wildman–Crippen LogP) is 0.704. The maximum Gasteiger partial charge on any atom is 0.217 e. The van der Waals surface area contributed by atoms with Crippen molar-refractivity contribution in [1.29, 1.82) is 0 Å². The van der Waals surface area contributed by atoms with Crippen molar-refractivity contribution in [1.82, 2.24) is 9.29 Å². The molecule has 6 nitrogen and oxygen atoms in total. The van der Waals surface area contributed by atoms with Crippen molar-refractivity contribution in [2.45, 2.75) is 18.1 Å². The fourth-order valence-corrected chi connectivity index (χ4v) is 4.27. The van der Waals surface area contributed by atoms with Crippen molar-refractivity contribution >= 4 is 15.8 Å². The molecule has 0 unspecified atom stereocenters. The van der Waals surface area contributed by atoms with Gasteiger partial charge < -0.3 is 9.64 Å². The van der Waals surface area contributed by atoms with Crippen LogP contribution in [-0.2, 0) is 10.0 Å². The Balaban J connectivity index is 1.66. The maximum atomic E-state index is 12.2. The number of pyridine rings is 1. The lowest BCUT2D eigenvalue weighted by Crippen LogP contribution is -2.49. The van der Waals surface area contributed by atoms with Gasteiger partial charge in [-0.25, -0.2) is 13.4 Å². The summed E-state index contributed by atoms with van der Waals surface area (Å²) >= 11 is 0. The van der Waals surface area contributed by atoms with Gasteiger partial charge in [-0.05, 0) is 18.9 Å². The largest absolute Gasteiger partial charge is 0.497 e. The molecule has 110 valence electrons. The number of aromatic nitrogens is 1. The molecule has 1 aromatic heterocycles. The standard InChI is InChI=1S/C13H19N3O3S/c1-19-11-4-5-14-13(10-11)15-6-8-16(9-7-15)20(17,18)12-2-3-12/h4-5,10,12H,2-3,6-9H2,1H3. The second kappa shape index (κ2) is 5.21. The second-order valence-corrected chi connectivity index (χ2v) is 7.40. The Labute approximate surface area is 119 Å². The van der Waals surface area contributed by atoms with Crippen molar-refractivity contribution in [2.24, 2.45) is 0 Å². The zero-order valence-electron chi connectivity index (χ0n) is 11.5. The Kier molecular flexibility index (Phi) is 3.55. The van der Waals surface area contributed by atoms with Crippen molar-refractivity contribution < 1.29 is 13.2 Å². The molecule has 1 aliphatic carbocycles. The number of sulfonamides is 1. The molecule has 0 atom stereocenters. The van der Waals surface area contributed by atoms with E-state index in [0.29, 0.717) is 26.2 Å². The van der Waals surface area contributed by atoms with E-state index >= 15 is 0 Å². The molecular formula is C13H19N3O3S. The van der Waals surface area contributed by atoms with Crippen LogP contribution in [0, 0.1) is 0 Å². The first-order valence-electron chi connectivity index (χ1n) is 6.85. The molecule has 2 aliphatic rings. The molecule has 0 N–H and O–H groups in total. The van der Waals surface area contributed by atoms with Crippen LogP contribution in [0.25, 0.3) is 0 Å². The van der Waals surface area contributed by atoms with Gasteiger partial charge >= 0.3 is 0 Å². The van der Waals surface area contributed by atoms with Crippen LogP contribution in [0.4, 0.5) is 5.82 Å². The van der Waals surface area contributed by atoms with Crippen LogP contribution in [0.1, 0.15) is 12.8 Å². The normalized spacial score (nSPS) is 20.9. The Bertz CT molecular complexity index is 578. The zero-order valence-corrected chi connectivity index (χ0v) is 12.3. The number of nitrogens with zero attached hydrogens (tertiary/aromatic N) is 3. The number of ether oxygens (including phenoxy) is 1. The maximum absolute atomic E-state index is 12.2. The Morgan fingerprint density at radius 1 is 1.25 bits per heavy atom. The summed E-state index contributed by atoms with van der Waals surface area (Å²) in [6.07, 6.45) is 3.35. The lowest BCUT2D eigenvalue weighted by Gasteiger charge is -2.34. The molecule has 0 bridgehead atoms. The van der Waals surface area contributed by atoms with Gasteiger partial charge in [-0.3, -0.25) is 0 Å². The molecule has 1 saturated heterocycles. The summed E-state index contributed by atoms with van der Waals surface area (Å²) < 4.78 is 31.1. The summed E-state index contributed by atoms with van der Waals surface area (Å²) in [7, 11) is -1.42. The quantitative estimate of drug-likeness (QED) is 0.819. The number of methoxy groups -OCH3 is 1. The number of rotatable bonds is 4. The summed E-state index contributed by atoms with van der Waals surface area (Å²) in [5, 5.41) is -0.121. The average molecular weight is 297 g/mol. The van der Waals surface area contributed by atoms with Crippen LogP contribution < -0.4 is 9.64 Å². The third kappa shape index (κ3) is 2.60. The van der Waals surface area contributed by atoms with Crippen LogP contribution in [0.2, 0.25) is 0 Å². The van der Waals surface area contributed by atoms with Gasteiger partial charge in [0.05, 0.1) is 12.4 Å². The summed E-state index contributed by atoms with van der Waals surface area (Å²) in [6.45, 7) is 2.42. The molecule has 7 heteroatoms. The molecule has 0 radical (unpaired) electrons. The number of hydrogen-bond acceptors (Lipinski definition) is 5. The van der Waals surface area contributed by atoms with Crippen LogP contribution in [-0.4, -0.2) is 56.2 Å². The molecule has 0 amide bonds. The Hall–Kier alpha value is -1.34. The van der Waals surface area contributed by atoms with Gasteiger partial charge in [0.2, 0.25) is 10.0 Å². The van der Waals surface area contributed by atoms with Crippen molar-refractivity contribution in [3.63, 3.8) is 0 Å². The van der Waals surface area contributed by atoms with Gasteiger partial charge in [0.1, 0.15) is 11.6 Å². The molecular weight excluding hydrogens is 278 g/mol. The molecule has 1 aromatic rings. The third-order valence-corrected chi connectivity index (χ3v) is 6.22. The molecule has 20 heavy (non-hydrogen) atoms. The zero-order chi connectivity index (χ0) is 14.2. The highest BCUT2D eigenvalue weighted by Crippen LogP contribution is 2.31.